The Labute approximate surface area is 197 Å². The zero-order chi connectivity index (χ0) is 23.2. The lowest BCUT2D eigenvalue weighted by Crippen LogP contribution is -2.56. The molecule has 0 bridgehead atoms. The van der Waals surface area contributed by atoms with E-state index in [1.807, 2.05) is 12.1 Å². The van der Waals surface area contributed by atoms with Gasteiger partial charge in [-0.15, -0.1) is 0 Å². The highest BCUT2D eigenvalue weighted by Gasteiger charge is 2.32. The van der Waals surface area contributed by atoms with E-state index in [1.165, 1.54) is 0 Å². The minimum absolute atomic E-state index is 0.379. The molecule has 0 saturated carbocycles. The number of nitrogens with zero attached hydrogens (tertiary/aromatic N) is 5. The summed E-state index contributed by atoms with van der Waals surface area (Å²) in [5.41, 5.74) is 5.78. The van der Waals surface area contributed by atoms with Gasteiger partial charge in [-0.2, -0.15) is 10.4 Å². The fraction of sp³-hybridized carbons (Fsp3) is 0.269. The summed E-state index contributed by atoms with van der Waals surface area (Å²) in [6.45, 7) is 3.73. The maximum atomic E-state index is 9.80. The molecule has 0 aliphatic carbocycles. The van der Waals surface area contributed by atoms with E-state index in [1.54, 1.807) is 25.6 Å². The lowest BCUT2D eigenvalue weighted by molar-refractivity contribution is 0.188. The molecule has 2 aromatic carbocycles. The monoisotopic (exact) mass is 452 g/mol. The molecule has 0 spiro atoms. The van der Waals surface area contributed by atoms with Crippen LogP contribution in [0.5, 0.6) is 11.5 Å². The summed E-state index contributed by atoms with van der Waals surface area (Å²) in [6, 6.07) is 14.6. The van der Waals surface area contributed by atoms with Gasteiger partial charge in [-0.1, -0.05) is 6.07 Å². The van der Waals surface area contributed by atoms with Crippen molar-refractivity contribution >= 4 is 16.6 Å². The zero-order valence-corrected chi connectivity index (χ0v) is 19.1. The maximum Gasteiger partial charge on any atom is 0.143 e. The third-order valence-electron chi connectivity index (χ3n) is 6.77. The van der Waals surface area contributed by atoms with E-state index in [0.717, 1.165) is 64.4 Å². The number of hydrogen-bond acceptors (Lipinski definition) is 7. The summed E-state index contributed by atoms with van der Waals surface area (Å²) in [4.78, 5) is 9.05. The number of nitrogens with one attached hydrogen (secondary N) is 1. The van der Waals surface area contributed by atoms with E-state index in [4.69, 9.17) is 9.47 Å². The van der Waals surface area contributed by atoms with E-state index in [2.05, 4.69) is 56.3 Å². The van der Waals surface area contributed by atoms with E-state index >= 15 is 0 Å². The van der Waals surface area contributed by atoms with Gasteiger partial charge in [-0.05, 0) is 37.4 Å². The molecule has 4 heterocycles. The second kappa shape index (κ2) is 8.04. The summed E-state index contributed by atoms with van der Waals surface area (Å²) in [5.74, 6) is 1.55. The molecule has 6 rings (SSSR count). The van der Waals surface area contributed by atoms with Crippen molar-refractivity contribution in [2.75, 3.05) is 45.3 Å². The second-order valence-electron chi connectivity index (χ2n) is 8.81. The largest absolute Gasteiger partial charge is 0.496 e. The Hall–Kier alpha value is -4.09. The topological polar surface area (TPSA) is 90.3 Å². The van der Waals surface area contributed by atoms with Gasteiger partial charge >= 0.3 is 0 Å². The van der Waals surface area contributed by atoms with Gasteiger partial charge in [0, 0.05) is 54.1 Å². The van der Waals surface area contributed by atoms with Crippen molar-refractivity contribution in [1.29, 1.82) is 5.26 Å². The minimum Gasteiger partial charge on any atom is -0.496 e. The van der Waals surface area contributed by atoms with Crippen molar-refractivity contribution in [3.05, 3.63) is 54.4 Å². The highest BCUT2D eigenvalue weighted by molar-refractivity contribution is 5.98. The predicted molar refractivity (Wildman–Crippen MR) is 130 cm³/mol. The number of H-pyrrole nitrogens is 1. The first-order chi connectivity index (χ1) is 16.7. The van der Waals surface area contributed by atoms with Crippen molar-refractivity contribution in [2.24, 2.45) is 0 Å². The normalized spacial score (nSPS) is 17.6. The van der Waals surface area contributed by atoms with Crippen LogP contribution in [0.1, 0.15) is 5.56 Å². The molecule has 0 amide bonds. The smallest absolute Gasteiger partial charge is 0.143 e. The van der Waals surface area contributed by atoms with Crippen LogP contribution in [0.2, 0.25) is 0 Å². The summed E-state index contributed by atoms with van der Waals surface area (Å²) in [6.07, 6.45) is 3.40. The number of hydrogen-bond donors (Lipinski definition) is 1. The predicted octanol–water partition coefficient (Wildman–Crippen LogP) is 3.68. The molecule has 1 saturated heterocycles. The van der Waals surface area contributed by atoms with E-state index < -0.39 is 0 Å². The van der Waals surface area contributed by atoms with Gasteiger partial charge in [-0.25, -0.2) is 0 Å². The lowest BCUT2D eigenvalue weighted by atomic mass is 9.96. The molecular formula is C26H24N6O2. The summed E-state index contributed by atoms with van der Waals surface area (Å²) >= 11 is 0. The van der Waals surface area contributed by atoms with E-state index in [0.29, 0.717) is 24.0 Å². The fourth-order valence-corrected chi connectivity index (χ4v) is 5.03. The number of anilines is 1. The van der Waals surface area contributed by atoms with Gasteiger partial charge in [0.2, 0.25) is 0 Å². The van der Waals surface area contributed by atoms with Crippen molar-refractivity contribution in [2.45, 2.75) is 6.04 Å². The van der Waals surface area contributed by atoms with Crippen LogP contribution in [0.4, 0.5) is 5.69 Å². The first-order valence-corrected chi connectivity index (χ1v) is 11.3. The van der Waals surface area contributed by atoms with Gasteiger partial charge in [-0.3, -0.25) is 10.1 Å². The van der Waals surface area contributed by atoms with Crippen LogP contribution < -0.4 is 14.4 Å². The van der Waals surface area contributed by atoms with Crippen LogP contribution in [-0.4, -0.2) is 66.5 Å². The van der Waals surface area contributed by atoms with Gasteiger partial charge in [0.15, 0.2) is 0 Å². The first-order valence-electron chi connectivity index (χ1n) is 11.3. The Kier molecular flexibility index (Phi) is 4.85. The molecule has 1 N–H and O–H groups in total. The van der Waals surface area contributed by atoms with Crippen LogP contribution in [0.3, 0.4) is 0 Å². The van der Waals surface area contributed by atoms with Crippen LogP contribution >= 0.6 is 0 Å². The van der Waals surface area contributed by atoms with Gasteiger partial charge in [0.05, 0.1) is 36.0 Å². The molecule has 4 aromatic rings. The standard InChI is InChI=1S/C26H24N6O2/c1-31-7-8-32-18(14-31)15-34-25-10-16(3-4-23(25)32)26-20-11-19(17(12-27)9-22(20)29-30-26)21-13-28-6-5-24(21)33-2/h3-6,9-11,13,18H,7-8,14-15H2,1-2H3,(H,29,30). The Bertz CT molecular complexity index is 1440. The van der Waals surface area contributed by atoms with Crippen molar-refractivity contribution in [1.82, 2.24) is 20.1 Å². The minimum atomic E-state index is 0.379. The third-order valence-corrected chi connectivity index (χ3v) is 6.77. The molecule has 170 valence electrons. The van der Waals surface area contributed by atoms with Gasteiger partial charge in [0.1, 0.15) is 23.8 Å². The fourth-order valence-electron chi connectivity index (χ4n) is 5.03. The Morgan fingerprint density at radius 2 is 2.09 bits per heavy atom. The number of aromatic amines is 1. The molecule has 1 atom stereocenters. The molecule has 2 aliphatic rings. The van der Waals surface area contributed by atoms with E-state index in [-0.39, 0.29) is 0 Å². The molecular weight excluding hydrogens is 428 g/mol. The van der Waals surface area contributed by atoms with Crippen LogP contribution in [0.25, 0.3) is 33.3 Å². The Morgan fingerprint density at radius 1 is 1.18 bits per heavy atom. The summed E-state index contributed by atoms with van der Waals surface area (Å²) in [7, 11) is 3.77. The van der Waals surface area contributed by atoms with Crippen molar-refractivity contribution in [3.8, 4) is 40.0 Å². The number of methoxy groups -OCH3 is 1. The van der Waals surface area contributed by atoms with Crippen LogP contribution in [-0.2, 0) is 0 Å². The molecule has 2 aliphatic heterocycles. The quantitative estimate of drug-likeness (QED) is 0.507. The van der Waals surface area contributed by atoms with E-state index in [9.17, 15) is 5.26 Å². The number of aromatic nitrogens is 3. The third kappa shape index (κ3) is 3.25. The van der Waals surface area contributed by atoms with Crippen LogP contribution in [0.15, 0.2) is 48.8 Å². The first kappa shape index (κ1) is 20.5. The number of fused-ring (bicyclic) bond motifs is 4. The van der Waals surface area contributed by atoms with Gasteiger partial charge in [0.25, 0.3) is 0 Å². The second-order valence-corrected chi connectivity index (χ2v) is 8.81. The van der Waals surface area contributed by atoms with Crippen LogP contribution in [0, 0.1) is 11.3 Å². The highest BCUT2D eigenvalue weighted by atomic mass is 16.5. The zero-order valence-electron chi connectivity index (χ0n) is 19.1. The Balaban J connectivity index is 1.45. The average Bonchev–Trinajstić information content (AvgIpc) is 3.30. The molecule has 2 aromatic heterocycles. The Morgan fingerprint density at radius 3 is 2.94 bits per heavy atom. The summed E-state index contributed by atoms with van der Waals surface area (Å²) in [5, 5.41) is 18.4. The molecule has 34 heavy (non-hydrogen) atoms. The average molecular weight is 453 g/mol. The lowest BCUT2D eigenvalue weighted by Gasteiger charge is -2.44. The maximum absolute atomic E-state index is 9.80. The molecule has 8 heteroatoms. The molecule has 1 unspecified atom stereocenters. The number of likely N-dealkylation sites (N-methyl/N-ethyl adjacent to an activating group) is 1. The van der Waals surface area contributed by atoms with Gasteiger partial charge < -0.3 is 19.3 Å². The number of benzene rings is 2. The molecule has 0 radical (unpaired) electrons. The van der Waals surface area contributed by atoms with Crippen molar-refractivity contribution < 1.29 is 9.47 Å². The highest BCUT2D eigenvalue weighted by Crippen LogP contribution is 2.41. The number of rotatable bonds is 3. The summed E-state index contributed by atoms with van der Waals surface area (Å²) < 4.78 is 11.7. The molecule has 1 fully saturated rings. The number of ether oxygens (including phenoxy) is 2. The number of pyridine rings is 1. The number of piperazine rings is 1. The molecule has 8 nitrogen and oxygen atoms in total. The van der Waals surface area contributed by atoms with Crippen molar-refractivity contribution in [3.63, 3.8) is 0 Å². The number of nitriles is 1. The SMILES string of the molecule is COc1ccncc1-c1cc2c(-c3ccc4c(c3)OCC3CN(C)CCN43)n[nH]c2cc1C#N.